The van der Waals surface area contributed by atoms with E-state index in [1.165, 1.54) is 38.0 Å². The first-order valence-electron chi connectivity index (χ1n) is 10.7. The monoisotopic (exact) mass is 432 g/mol. The number of hydrogen-bond donors (Lipinski definition) is 2. The third-order valence-corrected chi connectivity index (χ3v) is 6.44. The summed E-state index contributed by atoms with van der Waals surface area (Å²) in [6.45, 7) is 6.87. The number of ether oxygens (including phenoxy) is 2. The molecule has 2 N–H and O–H groups in total. The molecule has 8 nitrogen and oxygen atoms in total. The van der Waals surface area contributed by atoms with Gasteiger partial charge in [-0.25, -0.2) is 9.59 Å². The molecule has 1 aromatic carbocycles. The van der Waals surface area contributed by atoms with E-state index in [1.54, 1.807) is 14.2 Å². The van der Waals surface area contributed by atoms with Gasteiger partial charge in [-0.15, -0.1) is 0 Å². The highest BCUT2D eigenvalue weighted by Gasteiger charge is 2.36. The van der Waals surface area contributed by atoms with Crippen molar-refractivity contribution in [2.45, 2.75) is 19.4 Å². The summed E-state index contributed by atoms with van der Waals surface area (Å²) in [7, 11) is 3.46. The van der Waals surface area contributed by atoms with Crippen LogP contribution in [-0.4, -0.2) is 78.9 Å². The molecule has 0 radical (unpaired) electrons. The molecule has 31 heavy (non-hydrogen) atoms. The molecular formula is C23H32N2O6. The normalized spacial score (nSPS) is 25.0. The van der Waals surface area contributed by atoms with Gasteiger partial charge in [0, 0.05) is 44.8 Å². The second kappa shape index (κ2) is 10.6. The van der Waals surface area contributed by atoms with E-state index in [0.717, 1.165) is 48.9 Å². The molecular weight excluding hydrogens is 400 g/mol. The molecule has 170 valence electrons. The zero-order chi connectivity index (χ0) is 22.4. The molecule has 1 saturated carbocycles. The molecule has 1 heterocycles. The molecule has 1 aromatic rings. The maximum absolute atomic E-state index is 9.10. The Morgan fingerprint density at radius 3 is 2.16 bits per heavy atom. The van der Waals surface area contributed by atoms with Crippen LogP contribution in [0.4, 0.5) is 0 Å². The Labute approximate surface area is 183 Å². The van der Waals surface area contributed by atoms with Crippen molar-refractivity contribution in [2.75, 3.05) is 46.9 Å². The first kappa shape index (κ1) is 23.1. The van der Waals surface area contributed by atoms with E-state index in [9.17, 15) is 0 Å². The van der Waals surface area contributed by atoms with Gasteiger partial charge in [0.2, 0.25) is 0 Å². The Bertz CT molecular complexity index is 791. The van der Waals surface area contributed by atoms with Crippen molar-refractivity contribution < 1.29 is 29.3 Å². The Hall–Kier alpha value is -2.58. The highest BCUT2D eigenvalue weighted by molar-refractivity contribution is 6.27. The Morgan fingerprint density at radius 1 is 0.968 bits per heavy atom. The lowest BCUT2D eigenvalue weighted by molar-refractivity contribution is -0.159. The number of fused-ring (bicyclic) bond motifs is 2. The number of carboxylic acid groups (broad SMARTS) is 2. The van der Waals surface area contributed by atoms with Crippen LogP contribution in [0.3, 0.4) is 0 Å². The fraction of sp³-hybridized carbons (Fsp3) is 0.565. The summed E-state index contributed by atoms with van der Waals surface area (Å²) < 4.78 is 10.9. The number of carbonyl (C=O) groups is 2. The number of benzene rings is 1. The van der Waals surface area contributed by atoms with Crippen molar-refractivity contribution in [1.82, 2.24) is 9.80 Å². The molecule has 3 aliphatic rings. The van der Waals surface area contributed by atoms with E-state index in [1.807, 2.05) is 12.1 Å². The average molecular weight is 433 g/mol. The number of carboxylic acids is 2. The van der Waals surface area contributed by atoms with Gasteiger partial charge in [-0.05, 0) is 48.8 Å². The molecule has 2 aliphatic carbocycles. The summed E-state index contributed by atoms with van der Waals surface area (Å²) in [6.07, 6.45) is 7.76. The third kappa shape index (κ3) is 6.21. The van der Waals surface area contributed by atoms with Crippen molar-refractivity contribution in [1.29, 1.82) is 0 Å². The predicted octanol–water partition coefficient (Wildman–Crippen LogP) is 2.19. The summed E-state index contributed by atoms with van der Waals surface area (Å²) in [5.74, 6) is 0.863. The standard InChI is InChI=1S/C21H30N2O2.C2H2O4/c1-24-20-5-6-21(25-2)19(13-20)15-23-9-7-22(8-10-23)14-18-12-16-3-4-17(18)11-16;3-1(4)2(5)6/h3-6,13,16-18H,7-12,14-15H2,1-2H3;(H,3,4)(H,5,6). The second-order valence-electron chi connectivity index (χ2n) is 8.41. The lowest BCUT2D eigenvalue weighted by Crippen LogP contribution is -2.47. The molecule has 3 atom stereocenters. The van der Waals surface area contributed by atoms with Crippen LogP contribution in [0, 0.1) is 17.8 Å². The maximum atomic E-state index is 9.10. The lowest BCUT2D eigenvalue weighted by Gasteiger charge is -2.37. The van der Waals surface area contributed by atoms with Crippen LogP contribution in [-0.2, 0) is 16.1 Å². The van der Waals surface area contributed by atoms with Gasteiger partial charge >= 0.3 is 11.9 Å². The quantitative estimate of drug-likeness (QED) is 0.521. The summed E-state index contributed by atoms with van der Waals surface area (Å²) in [5.41, 5.74) is 1.22. The van der Waals surface area contributed by atoms with Crippen molar-refractivity contribution in [3.8, 4) is 11.5 Å². The first-order valence-corrected chi connectivity index (χ1v) is 10.7. The summed E-state index contributed by atoms with van der Waals surface area (Å²) >= 11 is 0. The summed E-state index contributed by atoms with van der Waals surface area (Å²) in [4.78, 5) is 23.4. The van der Waals surface area contributed by atoms with Crippen molar-refractivity contribution in [3.05, 3.63) is 35.9 Å². The molecule has 4 rings (SSSR count). The van der Waals surface area contributed by atoms with Crippen LogP contribution < -0.4 is 9.47 Å². The second-order valence-corrected chi connectivity index (χ2v) is 8.41. The highest BCUT2D eigenvalue weighted by atomic mass is 16.5. The molecule has 1 aliphatic heterocycles. The smallest absolute Gasteiger partial charge is 0.414 e. The SMILES string of the molecule is COc1ccc(OC)c(CN2CCN(CC3CC4C=CC3C4)CC2)c1.O=C(O)C(=O)O. The van der Waals surface area contributed by atoms with E-state index in [2.05, 4.69) is 28.0 Å². The van der Waals surface area contributed by atoms with Gasteiger partial charge in [0.1, 0.15) is 11.5 Å². The molecule has 2 fully saturated rings. The van der Waals surface area contributed by atoms with Crippen molar-refractivity contribution in [2.24, 2.45) is 17.8 Å². The van der Waals surface area contributed by atoms with Gasteiger partial charge in [0.15, 0.2) is 0 Å². The topological polar surface area (TPSA) is 99.5 Å². The number of allylic oxidation sites excluding steroid dienone is 2. The van der Waals surface area contributed by atoms with Crippen LogP contribution >= 0.6 is 0 Å². The Kier molecular flexibility index (Phi) is 7.92. The highest BCUT2D eigenvalue weighted by Crippen LogP contribution is 2.43. The van der Waals surface area contributed by atoms with Gasteiger partial charge in [0.25, 0.3) is 0 Å². The van der Waals surface area contributed by atoms with E-state index in [-0.39, 0.29) is 0 Å². The molecule has 2 bridgehead atoms. The molecule has 8 heteroatoms. The zero-order valence-electron chi connectivity index (χ0n) is 18.2. The van der Waals surface area contributed by atoms with Gasteiger partial charge in [-0.1, -0.05) is 12.2 Å². The minimum Gasteiger partial charge on any atom is -0.497 e. The predicted molar refractivity (Wildman–Crippen MR) is 115 cm³/mol. The minimum atomic E-state index is -1.82. The molecule has 0 amide bonds. The van der Waals surface area contributed by atoms with Crippen LogP contribution in [0.2, 0.25) is 0 Å². The summed E-state index contributed by atoms with van der Waals surface area (Å²) in [5, 5.41) is 14.8. The lowest BCUT2D eigenvalue weighted by atomic mass is 9.93. The molecule has 1 saturated heterocycles. The number of aliphatic carboxylic acids is 2. The first-order chi connectivity index (χ1) is 14.9. The Balaban J connectivity index is 0.000000401. The number of piperazine rings is 1. The fourth-order valence-corrected chi connectivity index (χ4v) is 4.81. The number of methoxy groups -OCH3 is 2. The maximum Gasteiger partial charge on any atom is 0.414 e. The van der Waals surface area contributed by atoms with Crippen LogP contribution in [0.1, 0.15) is 18.4 Å². The number of hydrogen-bond acceptors (Lipinski definition) is 6. The van der Waals surface area contributed by atoms with Crippen LogP contribution in [0.5, 0.6) is 11.5 Å². The van der Waals surface area contributed by atoms with Crippen LogP contribution in [0.15, 0.2) is 30.4 Å². The Morgan fingerprint density at radius 2 is 1.65 bits per heavy atom. The van der Waals surface area contributed by atoms with Gasteiger partial charge in [-0.3, -0.25) is 4.90 Å². The fourth-order valence-electron chi connectivity index (χ4n) is 4.81. The average Bonchev–Trinajstić information content (AvgIpc) is 3.39. The third-order valence-electron chi connectivity index (χ3n) is 6.44. The van der Waals surface area contributed by atoms with Crippen molar-refractivity contribution in [3.63, 3.8) is 0 Å². The van der Waals surface area contributed by atoms with E-state index < -0.39 is 11.9 Å². The van der Waals surface area contributed by atoms with Gasteiger partial charge in [-0.2, -0.15) is 0 Å². The molecule has 0 aromatic heterocycles. The van der Waals surface area contributed by atoms with Gasteiger partial charge < -0.3 is 24.6 Å². The van der Waals surface area contributed by atoms with Crippen LogP contribution in [0.25, 0.3) is 0 Å². The molecule has 0 spiro atoms. The van der Waals surface area contributed by atoms with E-state index in [4.69, 9.17) is 29.3 Å². The van der Waals surface area contributed by atoms with E-state index >= 15 is 0 Å². The van der Waals surface area contributed by atoms with E-state index in [0.29, 0.717) is 0 Å². The summed E-state index contributed by atoms with van der Waals surface area (Å²) in [6, 6.07) is 6.07. The van der Waals surface area contributed by atoms with Gasteiger partial charge in [0.05, 0.1) is 14.2 Å². The minimum absolute atomic E-state index is 0.865. The number of nitrogens with zero attached hydrogens (tertiary/aromatic N) is 2. The number of rotatable bonds is 6. The molecule has 3 unspecified atom stereocenters. The van der Waals surface area contributed by atoms with Crippen molar-refractivity contribution >= 4 is 11.9 Å². The zero-order valence-corrected chi connectivity index (χ0v) is 18.2. The largest absolute Gasteiger partial charge is 0.497 e.